The van der Waals surface area contributed by atoms with Gasteiger partial charge in [0.05, 0.1) is 13.7 Å². The SMILES string of the molecule is Br.C.C=O.C=O.CC1C(=O)NCC1Br.CCOCc1ccc(CNC)cc1.CN=[N+]=[N-].COc1ccccc1.N.N.N.N.N.N.N.N.N.N.N.N.N.N.N.N.N.O.O.O.O.O.O.O.O.O.O.O.O.O.O.O.O.O.O.O=[Si](O)NOOO. The lowest BCUT2D eigenvalue weighted by Gasteiger charge is -2.03. The number of azide groups is 1. The van der Waals surface area contributed by atoms with Gasteiger partial charge in [-0.15, -0.1) is 17.0 Å². The van der Waals surface area contributed by atoms with Gasteiger partial charge in [0, 0.05) is 42.4 Å². The number of ether oxygens (including phenoxy) is 2. The van der Waals surface area contributed by atoms with Gasteiger partial charge in [0.1, 0.15) is 19.3 Å². The first-order chi connectivity index (χ1) is 21.2. The summed E-state index contributed by atoms with van der Waals surface area (Å²) in [5, 5.41) is 20.4. The fourth-order valence-corrected chi connectivity index (χ4v) is 3.00. The van der Waals surface area contributed by atoms with Gasteiger partial charge in [0.25, 0.3) is 0 Å². The van der Waals surface area contributed by atoms with Crippen molar-refractivity contribution in [3.05, 3.63) is 76.2 Å². The summed E-state index contributed by atoms with van der Waals surface area (Å²) in [6.07, 6.45) is 0. The maximum absolute atomic E-state index is 10.6. The van der Waals surface area contributed by atoms with Crippen molar-refractivity contribution in [3.63, 3.8) is 0 Å². The summed E-state index contributed by atoms with van der Waals surface area (Å²) >= 11 is 3.36. The van der Waals surface area contributed by atoms with Crippen LogP contribution in [-0.4, -0.2) is 176 Å². The summed E-state index contributed by atoms with van der Waals surface area (Å²) in [5.74, 6) is 1.22. The fraction of sp³-hybridized carbons (Fsp3) is 0.444. The fourth-order valence-electron chi connectivity index (χ4n) is 2.49. The topological polar surface area (TPSA) is 1390 Å². The van der Waals surface area contributed by atoms with Crippen LogP contribution >= 0.6 is 32.9 Å². The van der Waals surface area contributed by atoms with Crippen LogP contribution in [0.4, 0.5) is 0 Å². The molecular formula is C27H135Br2N23O28Si. The van der Waals surface area contributed by atoms with E-state index >= 15 is 0 Å². The third-order valence-corrected chi connectivity index (χ3v) is 5.91. The Morgan fingerprint density at radius 2 is 0.951 bits per heavy atom. The molecule has 0 bridgehead atoms. The lowest BCUT2D eigenvalue weighted by molar-refractivity contribution is -0.506. The molecule has 1 fully saturated rings. The summed E-state index contributed by atoms with van der Waals surface area (Å²) in [7, 11) is 2.10. The normalized spacial score (nSPS) is 7.22. The molecular weight excluding hydrogens is 1280 g/mol. The third kappa shape index (κ3) is 249. The summed E-state index contributed by atoms with van der Waals surface area (Å²) in [5.41, 5.74) is 9.88. The van der Waals surface area contributed by atoms with E-state index in [1.165, 1.54) is 23.3 Å². The van der Waals surface area contributed by atoms with Crippen LogP contribution in [0.15, 0.2) is 59.7 Å². The van der Waals surface area contributed by atoms with Crippen LogP contribution in [0.3, 0.4) is 0 Å². The van der Waals surface area contributed by atoms with Crippen LogP contribution < -0.4 is 125 Å². The summed E-state index contributed by atoms with van der Waals surface area (Å²) in [6, 6.07) is 18.2. The van der Waals surface area contributed by atoms with E-state index in [1.54, 1.807) is 7.11 Å². The second-order valence-corrected chi connectivity index (χ2v) is 9.40. The second kappa shape index (κ2) is 283. The van der Waals surface area contributed by atoms with Gasteiger partial charge in [-0.1, -0.05) is 82.8 Å². The van der Waals surface area contributed by atoms with Crippen molar-refractivity contribution in [1.29, 1.82) is 0 Å². The van der Waals surface area contributed by atoms with Gasteiger partial charge >= 0.3 is 9.09 Å². The van der Waals surface area contributed by atoms with Gasteiger partial charge in [0.15, 0.2) is 0 Å². The van der Waals surface area contributed by atoms with Crippen molar-refractivity contribution < 1.29 is 147 Å². The Morgan fingerprint density at radius 3 is 1.10 bits per heavy atom. The first kappa shape index (κ1) is 347. The number of methoxy groups -OCH3 is 1. The van der Waals surface area contributed by atoms with Crippen LogP contribution in [0, 0.1) is 5.92 Å². The molecule has 51 nitrogen and oxygen atoms in total. The number of rotatable bonds is 9. The van der Waals surface area contributed by atoms with Crippen molar-refractivity contribution in [2.75, 3.05) is 34.4 Å². The van der Waals surface area contributed by atoms with Crippen LogP contribution in [0.1, 0.15) is 32.4 Å². The summed E-state index contributed by atoms with van der Waals surface area (Å²) < 4.78 is 19.7. The largest absolute Gasteiger partial charge is 0.660 e. The number of hydrogen-bond donors (Lipinski definition) is 22. The van der Waals surface area contributed by atoms with E-state index in [9.17, 15) is 9.26 Å². The van der Waals surface area contributed by atoms with Gasteiger partial charge in [-0.05, 0) is 47.8 Å². The molecule has 2 unspecified atom stereocenters. The molecule has 1 aliphatic rings. The van der Waals surface area contributed by atoms with E-state index in [0.29, 0.717) is 4.83 Å². The summed E-state index contributed by atoms with van der Waals surface area (Å²) in [6.45, 7) is 11.1. The van der Waals surface area contributed by atoms with Crippen LogP contribution in [0.2, 0.25) is 0 Å². The minimum atomic E-state index is -2.90. The molecule has 0 saturated carbocycles. The van der Waals surface area contributed by atoms with Crippen molar-refractivity contribution in [3.8, 4) is 5.75 Å². The van der Waals surface area contributed by atoms with Crippen molar-refractivity contribution >= 4 is 61.5 Å². The molecule has 2 aromatic rings. The molecule has 2 atom stereocenters. The number of para-hydroxylation sites is 1. The molecule has 1 saturated heterocycles. The smallest absolute Gasteiger partial charge is 0.524 e. The van der Waals surface area contributed by atoms with Gasteiger partial charge < -0.3 is 242 Å². The maximum atomic E-state index is 10.6. The molecule has 92 N–H and O–H groups in total. The number of carbonyl (C=O) groups excluding carboxylic acids is 3. The van der Waals surface area contributed by atoms with E-state index in [0.717, 1.165) is 32.1 Å². The zero-order chi connectivity index (χ0) is 34.6. The zero-order valence-electron chi connectivity index (χ0n) is 46.9. The Kier molecular flexibility index (Phi) is 1210. The van der Waals surface area contributed by atoms with Crippen molar-refractivity contribution in [2.45, 2.75) is 39.3 Å². The predicted octanol–water partition coefficient (Wildman–Crippen LogP) is -7.85. The molecule has 1 aliphatic heterocycles. The molecule has 81 heavy (non-hydrogen) atoms. The number of amides is 1. The predicted molar refractivity (Wildman–Crippen MR) is 336 cm³/mol. The molecule has 1 amide bonds. The van der Waals surface area contributed by atoms with Gasteiger partial charge in [0.2, 0.25) is 5.91 Å². The van der Waals surface area contributed by atoms with Crippen LogP contribution in [0.25, 0.3) is 10.4 Å². The lowest BCUT2D eigenvalue weighted by atomic mass is 10.1. The number of carbonyl (C=O) groups is 3. The van der Waals surface area contributed by atoms with Gasteiger partial charge in [-0.3, -0.25) is 4.79 Å². The Labute approximate surface area is 494 Å². The molecule has 54 heteroatoms. The molecule has 0 spiro atoms. The Bertz CT molecular complexity index is 1070. The van der Waals surface area contributed by atoms with E-state index < -0.39 is 9.09 Å². The highest BCUT2D eigenvalue weighted by Crippen LogP contribution is 2.16. The highest BCUT2D eigenvalue weighted by Gasteiger charge is 2.27. The minimum Gasteiger partial charge on any atom is -0.524 e. The van der Waals surface area contributed by atoms with E-state index in [2.05, 4.69) is 70.9 Å². The van der Waals surface area contributed by atoms with E-state index in [4.69, 9.17) is 34.6 Å². The zero-order valence-corrected chi connectivity index (χ0v) is 51.2. The van der Waals surface area contributed by atoms with Crippen LogP contribution in [0.5, 0.6) is 5.75 Å². The van der Waals surface area contributed by atoms with E-state index in [-0.39, 0.29) is 239 Å². The van der Waals surface area contributed by atoms with Crippen molar-refractivity contribution in [2.24, 2.45) is 11.0 Å². The molecule has 3 rings (SSSR count). The Hall–Kier alpha value is -4.66. The van der Waals surface area contributed by atoms with Gasteiger partial charge in [-0.25, -0.2) is 10.4 Å². The first-order valence-electron chi connectivity index (χ1n) is 12.5. The van der Waals surface area contributed by atoms with Gasteiger partial charge in [-0.2, -0.15) is 0 Å². The lowest BCUT2D eigenvalue weighted by Crippen LogP contribution is -2.24. The second-order valence-electron chi connectivity index (χ2n) is 7.41. The molecule has 2 aromatic carbocycles. The number of hydrogen-bond acceptors (Lipinski definition) is 28. The number of benzene rings is 2. The molecule has 0 aromatic heterocycles. The molecule has 544 valence electrons. The number of alkyl halides is 1. The first-order valence-corrected chi connectivity index (χ1v) is 14.7. The minimum absolute atomic E-state index is 0. The average Bonchev–Trinajstić information content (AvgIpc) is 3.37. The van der Waals surface area contributed by atoms with Crippen molar-refractivity contribution in [1.82, 2.24) is 120 Å². The number of halogens is 2. The summed E-state index contributed by atoms with van der Waals surface area (Å²) in [4.78, 5) is 40.5. The standard InChI is InChI=1S/C11H17NO.C7H8O.C5H8BrNO.CH3N3.2CH2O.CH4.BrH.H3NO5Si.17H3N.18H2O/c1-3-13-9-11-6-4-10(5-7-11)8-12-2;1-8-7-5-3-2-4-6-7;1-3-4(6)2-7-5(3)8;1-3-4-2;2*1-2;;;2-6-5-1-7(3)4;;;;;;;;;;;;;;;;;;;;;;;;;;;;;;;;;;;/h4-7,12H,3,8-9H2,1-2H3;2-6H,1H3;3-4H,2H2,1H3,(H,7,8);1H3;2*1H2;1H4;1H;1-3H;17*1H3;18*1H2. The third-order valence-electron chi connectivity index (χ3n) is 4.54. The quantitative estimate of drug-likeness (QED) is 0.0211. The average molecular weight is 1420 g/mol. The molecule has 0 aliphatic carbocycles. The monoisotopic (exact) mass is 1420 g/mol. The maximum Gasteiger partial charge on any atom is 0.660 e. The van der Waals surface area contributed by atoms with Crippen LogP contribution in [-0.2, 0) is 46.8 Å². The Balaban J connectivity index is -0.00000000570. The number of nitrogens with one attached hydrogen (secondary N) is 3. The molecule has 0 radical (unpaired) electrons. The Morgan fingerprint density at radius 1 is 0.667 bits per heavy atom. The molecule has 1 heterocycles. The van der Waals surface area contributed by atoms with E-state index in [1.807, 2.05) is 64.8 Å². The number of nitrogens with zero attached hydrogens (tertiary/aromatic N) is 3. The highest BCUT2D eigenvalue weighted by molar-refractivity contribution is 9.09. The highest BCUT2D eigenvalue weighted by atomic mass is 79.9.